The third-order valence-electron chi connectivity index (χ3n) is 5.54. The van der Waals surface area contributed by atoms with Crippen molar-refractivity contribution in [1.29, 1.82) is 0 Å². The molecular formula is C25H27N3O2S. The highest BCUT2D eigenvalue weighted by molar-refractivity contribution is 7.21. The maximum atomic E-state index is 12.7. The van der Waals surface area contributed by atoms with E-state index < -0.39 is 0 Å². The SMILES string of the molecule is CCN(CCCNC(=O)c1cc2c(=O)[nH]c3ccc(C)cc3c2s1)c1ccc(C)cc1. The van der Waals surface area contributed by atoms with Crippen LogP contribution in [0.25, 0.3) is 21.0 Å². The molecule has 1 amide bonds. The number of hydrogen-bond acceptors (Lipinski definition) is 4. The summed E-state index contributed by atoms with van der Waals surface area (Å²) < 4.78 is 0.865. The molecule has 2 aromatic heterocycles. The number of carbonyl (C=O) groups excluding carboxylic acids is 1. The first kappa shape index (κ1) is 21.1. The van der Waals surface area contributed by atoms with Gasteiger partial charge in [-0.25, -0.2) is 0 Å². The number of aromatic nitrogens is 1. The summed E-state index contributed by atoms with van der Waals surface area (Å²) in [5.41, 5.74) is 4.21. The topological polar surface area (TPSA) is 65.2 Å². The third-order valence-corrected chi connectivity index (χ3v) is 6.71. The minimum atomic E-state index is -0.154. The van der Waals surface area contributed by atoms with E-state index in [2.05, 4.69) is 59.4 Å². The predicted octanol–water partition coefficient (Wildman–Crippen LogP) is 5.01. The number of fused-ring (bicyclic) bond motifs is 3. The van der Waals surface area contributed by atoms with Gasteiger partial charge >= 0.3 is 0 Å². The number of nitrogens with one attached hydrogen (secondary N) is 2. The number of aryl methyl sites for hydroxylation is 2. The second kappa shape index (κ2) is 8.94. The van der Waals surface area contributed by atoms with E-state index in [0.717, 1.165) is 40.7 Å². The van der Waals surface area contributed by atoms with Gasteiger partial charge in [0.2, 0.25) is 0 Å². The lowest BCUT2D eigenvalue weighted by atomic mass is 10.1. The van der Waals surface area contributed by atoms with Crippen molar-refractivity contribution < 1.29 is 4.79 Å². The van der Waals surface area contributed by atoms with Crippen molar-refractivity contribution in [3.63, 3.8) is 0 Å². The minimum absolute atomic E-state index is 0.125. The number of thiophene rings is 1. The molecule has 4 aromatic rings. The normalized spacial score (nSPS) is 11.2. The number of rotatable bonds is 7. The van der Waals surface area contributed by atoms with Gasteiger partial charge in [0.25, 0.3) is 11.5 Å². The largest absolute Gasteiger partial charge is 0.372 e. The molecule has 5 nitrogen and oxygen atoms in total. The van der Waals surface area contributed by atoms with Crippen LogP contribution in [0.3, 0.4) is 0 Å². The van der Waals surface area contributed by atoms with Gasteiger partial charge in [-0.15, -0.1) is 11.3 Å². The predicted molar refractivity (Wildman–Crippen MR) is 131 cm³/mol. The quantitative estimate of drug-likeness (QED) is 0.403. The average Bonchev–Trinajstić information content (AvgIpc) is 3.22. The smallest absolute Gasteiger partial charge is 0.261 e. The third kappa shape index (κ3) is 4.49. The number of anilines is 1. The van der Waals surface area contributed by atoms with Gasteiger partial charge in [0.05, 0.1) is 10.3 Å². The molecule has 2 aromatic carbocycles. The van der Waals surface area contributed by atoms with Crippen molar-refractivity contribution in [2.24, 2.45) is 0 Å². The molecule has 160 valence electrons. The van der Waals surface area contributed by atoms with Crippen molar-refractivity contribution in [2.45, 2.75) is 27.2 Å². The lowest BCUT2D eigenvalue weighted by Gasteiger charge is -2.23. The minimum Gasteiger partial charge on any atom is -0.372 e. The summed E-state index contributed by atoms with van der Waals surface area (Å²) in [4.78, 5) is 31.0. The number of H-pyrrole nitrogens is 1. The lowest BCUT2D eigenvalue weighted by molar-refractivity contribution is 0.0957. The molecule has 2 heterocycles. The molecule has 0 fully saturated rings. The Kier molecular flexibility index (Phi) is 6.09. The van der Waals surface area contributed by atoms with Crippen LogP contribution < -0.4 is 15.8 Å². The van der Waals surface area contributed by atoms with Crippen LogP contribution in [0.2, 0.25) is 0 Å². The monoisotopic (exact) mass is 433 g/mol. The Hall–Kier alpha value is -3.12. The fourth-order valence-corrected chi connectivity index (χ4v) is 4.90. The molecule has 0 aliphatic carbocycles. The number of hydrogen-bond donors (Lipinski definition) is 2. The van der Waals surface area contributed by atoms with Crippen LogP contribution in [0.5, 0.6) is 0 Å². The average molecular weight is 434 g/mol. The molecule has 0 unspecified atom stereocenters. The molecule has 0 radical (unpaired) electrons. The standard InChI is InChI=1S/C25H27N3O2S/c1-4-28(18-9-6-16(2)7-10-18)13-5-12-26-25(30)22-15-20-23(31-22)19-14-17(3)8-11-21(19)27-24(20)29/h6-11,14-15H,4-5,12-13H2,1-3H3,(H,26,30)(H,27,29). The highest BCUT2D eigenvalue weighted by Gasteiger charge is 2.15. The maximum absolute atomic E-state index is 12.7. The van der Waals surface area contributed by atoms with E-state index in [4.69, 9.17) is 0 Å². The Morgan fingerprint density at radius 3 is 2.52 bits per heavy atom. The van der Waals surface area contributed by atoms with Gasteiger partial charge in [0.15, 0.2) is 0 Å². The van der Waals surface area contributed by atoms with Crippen molar-refractivity contribution >= 4 is 43.9 Å². The Morgan fingerprint density at radius 1 is 1.03 bits per heavy atom. The van der Waals surface area contributed by atoms with Crippen LogP contribution in [-0.2, 0) is 0 Å². The second-order valence-electron chi connectivity index (χ2n) is 7.88. The molecule has 0 aliphatic heterocycles. The van der Waals surface area contributed by atoms with Crippen molar-refractivity contribution in [3.8, 4) is 0 Å². The Balaban J connectivity index is 1.43. The molecule has 31 heavy (non-hydrogen) atoms. The van der Waals surface area contributed by atoms with Crippen LogP contribution in [0.4, 0.5) is 5.69 Å². The van der Waals surface area contributed by atoms with Gasteiger partial charge in [0.1, 0.15) is 0 Å². The zero-order valence-electron chi connectivity index (χ0n) is 18.1. The van der Waals surface area contributed by atoms with Crippen LogP contribution in [0, 0.1) is 13.8 Å². The van der Waals surface area contributed by atoms with Crippen molar-refractivity contribution in [3.05, 3.63) is 74.9 Å². The zero-order chi connectivity index (χ0) is 22.0. The van der Waals surface area contributed by atoms with Crippen LogP contribution in [0.15, 0.2) is 53.3 Å². The van der Waals surface area contributed by atoms with Gasteiger partial charge in [0, 0.05) is 40.9 Å². The van der Waals surface area contributed by atoms with Gasteiger partial charge in [-0.05, 0) is 57.5 Å². The lowest BCUT2D eigenvalue weighted by Crippen LogP contribution is -2.29. The molecule has 6 heteroatoms. The Morgan fingerprint density at radius 2 is 1.77 bits per heavy atom. The van der Waals surface area contributed by atoms with E-state index >= 15 is 0 Å². The molecule has 0 saturated heterocycles. The molecule has 2 N–H and O–H groups in total. The molecule has 0 saturated carbocycles. The first-order chi connectivity index (χ1) is 15.0. The molecule has 0 spiro atoms. The summed E-state index contributed by atoms with van der Waals surface area (Å²) in [6.07, 6.45) is 0.848. The first-order valence-electron chi connectivity index (χ1n) is 10.6. The highest BCUT2D eigenvalue weighted by atomic mass is 32.1. The second-order valence-corrected chi connectivity index (χ2v) is 8.93. The summed E-state index contributed by atoms with van der Waals surface area (Å²) in [5, 5.41) is 4.57. The fourth-order valence-electron chi connectivity index (χ4n) is 3.80. The molecular weight excluding hydrogens is 406 g/mol. The van der Waals surface area contributed by atoms with E-state index in [1.807, 2.05) is 19.1 Å². The number of benzene rings is 2. The summed E-state index contributed by atoms with van der Waals surface area (Å²) in [6.45, 7) is 8.62. The zero-order valence-corrected chi connectivity index (χ0v) is 18.9. The number of nitrogens with zero attached hydrogens (tertiary/aromatic N) is 1. The Labute approximate surface area is 185 Å². The maximum Gasteiger partial charge on any atom is 0.261 e. The van der Waals surface area contributed by atoms with E-state index in [1.165, 1.54) is 22.6 Å². The van der Waals surface area contributed by atoms with Gasteiger partial charge in [-0.2, -0.15) is 0 Å². The summed E-state index contributed by atoms with van der Waals surface area (Å²) in [6, 6.07) is 16.2. The number of aromatic amines is 1. The van der Waals surface area contributed by atoms with Crippen LogP contribution in [-0.4, -0.2) is 30.5 Å². The van der Waals surface area contributed by atoms with Crippen LogP contribution in [0.1, 0.15) is 34.1 Å². The molecule has 0 bridgehead atoms. The summed E-state index contributed by atoms with van der Waals surface area (Å²) in [5.74, 6) is -0.125. The molecule has 0 atom stereocenters. The van der Waals surface area contributed by atoms with Gasteiger partial charge < -0.3 is 15.2 Å². The molecule has 0 aliphatic rings. The van der Waals surface area contributed by atoms with Crippen molar-refractivity contribution in [1.82, 2.24) is 10.3 Å². The summed E-state index contributed by atoms with van der Waals surface area (Å²) >= 11 is 1.38. The molecule has 4 rings (SSSR count). The van der Waals surface area contributed by atoms with E-state index in [0.29, 0.717) is 16.8 Å². The van der Waals surface area contributed by atoms with Gasteiger partial charge in [-0.3, -0.25) is 9.59 Å². The van der Waals surface area contributed by atoms with Gasteiger partial charge in [-0.1, -0.05) is 29.3 Å². The van der Waals surface area contributed by atoms with E-state index in [-0.39, 0.29) is 11.5 Å². The number of carbonyl (C=O) groups is 1. The number of pyridine rings is 1. The highest BCUT2D eigenvalue weighted by Crippen LogP contribution is 2.30. The van der Waals surface area contributed by atoms with E-state index in [9.17, 15) is 9.59 Å². The number of amides is 1. The fraction of sp³-hybridized carbons (Fsp3) is 0.280. The van der Waals surface area contributed by atoms with Crippen LogP contribution >= 0.6 is 11.3 Å². The summed E-state index contributed by atoms with van der Waals surface area (Å²) in [7, 11) is 0. The first-order valence-corrected chi connectivity index (χ1v) is 11.4. The Bertz CT molecular complexity index is 1290. The van der Waals surface area contributed by atoms with E-state index in [1.54, 1.807) is 6.07 Å². The van der Waals surface area contributed by atoms with Crippen molar-refractivity contribution in [2.75, 3.05) is 24.5 Å².